The average Bonchev–Trinajstić information content (AvgIpc) is 2.68. The van der Waals surface area contributed by atoms with E-state index in [2.05, 4.69) is 20.5 Å². The number of pyridine rings is 1. The summed E-state index contributed by atoms with van der Waals surface area (Å²) in [5, 5.41) is 10.7. The van der Waals surface area contributed by atoms with Gasteiger partial charge in [-0.3, -0.25) is 4.98 Å². The summed E-state index contributed by atoms with van der Waals surface area (Å²) in [5.41, 5.74) is 0.697. The van der Waals surface area contributed by atoms with E-state index < -0.39 is 0 Å². The van der Waals surface area contributed by atoms with E-state index in [1.165, 1.54) is 0 Å². The number of rotatable bonds is 3. The fraction of sp³-hybridized carbons (Fsp3) is 0.222. The molecule has 14 heavy (non-hydrogen) atoms. The molecule has 5 heteroatoms. The highest BCUT2D eigenvalue weighted by Crippen LogP contribution is 2.13. The van der Waals surface area contributed by atoms with Gasteiger partial charge >= 0.3 is 0 Å². The van der Waals surface area contributed by atoms with Crippen molar-refractivity contribution in [3.05, 3.63) is 30.3 Å². The molecule has 0 aliphatic carbocycles. The van der Waals surface area contributed by atoms with Crippen LogP contribution in [0.3, 0.4) is 0 Å². The van der Waals surface area contributed by atoms with E-state index in [1.807, 2.05) is 25.2 Å². The van der Waals surface area contributed by atoms with Crippen LogP contribution in [0.15, 0.2) is 28.8 Å². The van der Waals surface area contributed by atoms with Gasteiger partial charge < -0.3 is 9.73 Å². The Hall–Kier alpha value is -1.75. The zero-order valence-corrected chi connectivity index (χ0v) is 7.77. The molecule has 0 aliphatic heterocycles. The van der Waals surface area contributed by atoms with Gasteiger partial charge in [0.15, 0.2) is 0 Å². The molecule has 72 valence electrons. The van der Waals surface area contributed by atoms with E-state index in [9.17, 15) is 0 Å². The maximum absolute atomic E-state index is 5.36. The van der Waals surface area contributed by atoms with Gasteiger partial charge in [-0.25, -0.2) is 0 Å². The number of hydrogen-bond donors (Lipinski definition) is 1. The third-order valence-electron chi connectivity index (χ3n) is 1.68. The second-order valence-electron chi connectivity index (χ2n) is 2.75. The molecule has 0 saturated carbocycles. The van der Waals surface area contributed by atoms with E-state index in [0.717, 1.165) is 0 Å². The Balaban J connectivity index is 2.25. The molecule has 0 saturated heterocycles. The van der Waals surface area contributed by atoms with Crippen molar-refractivity contribution in [2.75, 3.05) is 7.05 Å². The summed E-state index contributed by atoms with van der Waals surface area (Å²) in [6.45, 7) is 0.569. The number of nitrogens with one attached hydrogen (secondary N) is 1. The zero-order chi connectivity index (χ0) is 9.80. The Morgan fingerprint density at radius 1 is 1.36 bits per heavy atom. The van der Waals surface area contributed by atoms with E-state index in [4.69, 9.17) is 4.42 Å². The lowest BCUT2D eigenvalue weighted by Gasteiger charge is -1.91. The van der Waals surface area contributed by atoms with Crippen LogP contribution >= 0.6 is 0 Å². The highest BCUT2D eigenvalue weighted by Gasteiger charge is 2.07. The lowest BCUT2D eigenvalue weighted by atomic mass is 10.3. The molecule has 0 atom stereocenters. The number of hydrogen-bond acceptors (Lipinski definition) is 5. The minimum atomic E-state index is 0.454. The van der Waals surface area contributed by atoms with Gasteiger partial charge in [-0.15, -0.1) is 10.2 Å². The zero-order valence-electron chi connectivity index (χ0n) is 7.77. The smallest absolute Gasteiger partial charge is 0.266 e. The summed E-state index contributed by atoms with van der Waals surface area (Å²) in [6.07, 6.45) is 1.69. The molecule has 0 spiro atoms. The molecule has 0 aromatic carbocycles. The Morgan fingerprint density at radius 3 is 3.00 bits per heavy atom. The highest BCUT2D eigenvalue weighted by atomic mass is 16.4. The van der Waals surface area contributed by atoms with Crippen molar-refractivity contribution >= 4 is 0 Å². The van der Waals surface area contributed by atoms with Crippen molar-refractivity contribution in [1.82, 2.24) is 20.5 Å². The molecule has 5 nitrogen and oxygen atoms in total. The van der Waals surface area contributed by atoms with Crippen LogP contribution in [-0.2, 0) is 6.54 Å². The van der Waals surface area contributed by atoms with Crippen LogP contribution in [0.25, 0.3) is 11.6 Å². The van der Waals surface area contributed by atoms with E-state index >= 15 is 0 Å². The summed E-state index contributed by atoms with van der Waals surface area (Å²) in [6, 6.07) is 5.55. The van der Waals surface area contributed by atoms with Crippen molar-refractivity contribution in [3.8, 4) is 11.6 Å². The maximum Gasteiger partial charge on any atom is 0.266 e. The summed E-state index contributed by atoms with van der Waals surface area (Å²) in [4.78, 5) is 4.11. The highest BCUT2D eigenvalue weighted by molar-refractivity contribution is 5.44. The first-order chi connectivity index (χ1) is 6.90. The predicted molar refractivity (Wildman–Crippen MR) is 50.3 cm³/mol. The predicted octanol–water partition coefficient (Wildman–Crippen LogP) is 0.851. The lowest BCUT2D eigenvalue weighted by molar-refractivity contribution is 0.489. The van der Waals surface area contributed by atoms with E-state index in [-0.39, 0.29) is 0 Å². The molecule has 0 bridgehead atoms. The Labute approximate surface area is 81.2 Å². The average molecular weight is 190 g/mol. The van der Waals surface area contributed by atoms with Gasteiger partial charge in [0.2, 0.25) is 5.89 Å². The van der Waals surface area contributed by atoms with Gasteiger partial charge in [-0.05, 0) is 19.2 Å². The molecular formula is C9H10N4O. The first kappa shape index (κ1) is 8.83. The molecule has 0 amide bonds. The molecule has 0 fully saturated rings. The van der Waals surface area contributed by atoms with Crippen molar-refractivity contribution < 1.29 is 4.42 Å². The SMILES string of the molecule is CNCc1nnc(-c2ccccn2)o1. The molecule has 2 aromatic heterocycles. The Kier molecular flexibility index (Phi) is 2.51. The third-order valence-corrected chi connectivity index (χ3v) is 1.68. The molecule has 2 rings (SSSR count). The number of aromatic nitrogens is 3. The second kappa shape index (κ2) is 3.97. The van der Waals surface area contributed by atoms with Gasteiger partial charge in [0, 0.05) is 6.20 Å². The summed E-state index contributed by atoms with van der Waals surface area (Å²) >= 11 is 0. The monoisotopic (exact) mass is 190 g/mol. The van der Waals surface area contributed by atoms with Gasteiger partial charge in [0.1, 0.15) is 5.69 Å². The van der Waals surface area contributed by atoms with Gasteiger partial charge in [0.25, 0.3) is 5.89 Å². The fourth-order valence-corrected chi connectivity index (χ4v) is 1.07. The molecule has 0 radical (unpaired) electrons. The van der Waals surface area contributed by atoms with Crippen LogP contribution in [0.5, 0.6) is 0 Å². The molecule has 1 N–H and O–H groups in total. The van der Waals surface area contributed by atoms with E-state index in [1.54, 1.807) is 6.20 Å². The van der Waals surface area contributed by atoms with Crippen LogP contribution in [0.4, 0.5) is 0 Å². The van der Waals surface area contributed by atoms with Gasteiger partial charge in [-0.1, -0.05) is 6.07 Å². The maximum atomic E-state index is 5.36. The molecular weight excluding hydrogens is 180 g/mol. The lowest BCUT2D eigenvalue weighted by Crippen LogP contribution is -2.04. The first-order valence-corrected chi connectivity index (χ1v) is 4.28. The normalized spacial score (nSPS) is 10.4. The van der Waals surface area contributed by atoms with Crippen LogP contribution in [-0.4, -0.2) is 22.2 Å². The summed E-state index contributed by atoms with van der Waals surface area (Å²) < 4.78 is 5.36. The fourth-order valence-electron chi connectivity index (χ4n) is 1.07. The molecule has 0 aliphatic rings. The standard InChI is InChI=1S/C9H10N4O/c1-10-6-8-12-13-9(14-8)7-4-2-3-5-11-7/h2-5,10H,6H2,1H3. The first-order valence-electron chi connectivity index (χ1n) is 4.28. The van der Waals surface area contributed by atoms with Gasteiger partial charge in [0.05, 0.1) is 6.54 Å². The Morgan fingerprint density at radius 2 is 2.29 bits per heavy atom. The van der Waals surface area contributed by atoms with Crippen LogP contribution < -0.4 is 5.32 Å². The minimum absolute atomic E-state index is 0.454. The van der Waals surface area contributed by atoms with E-state index in [0.29, 0.717) is 24.0 Å². The summed E-state index contributed by atoms with van der Waals surface area (Å²) in [7, 11) is 1.82. The van der Waals surface area contributed by atoms with Crippen molar-refractivity contribution in [3.63, 3.8) is 0 Å². The van der Waals surface area contributed by atoms with Gasteiger partial charge in [-0.2, -0.15) is 0 Å². The van der Waals surface area contributed by atoms with Crippen molar-refractivity contribution in [1.29, 1.82) is 0 Å². The van der Waals surface area contributed by atoms with Crippen LogP contribution in [0, 0.1) is 0 Å². The van der Waals surface area contributed by atoms with Crippen LogP contribution in [0.1, 0.15) is 5.89 Å². The quantitative estimate of drug-likeness (QED) is 0.777. The van der Waals surface area contributed by atoms with Crippen molar-refractivity contribution in [2.45, 2.75) is 6.54 Å². The van der Waals surface area contributed by atoms with Crippen molar-refractivity contribution in [2.24, 2.45) is 0 Å². The van der Waals surface area contributed by atoms with Crippen LogP contribution in [0.2, 0.25) is 0 Å². The molecule has 2 aromatic rings. The molecule has 2 heterocycles. The largest absolute Gasteiger partial charge is 0.418 e. The summed E-state index contributed by atoms with van der Waals surface area (Å²) in [5.74, 6) is 1.02. The topological polar surface area (TPSA) is 63.8 Å². The minimum Gasteiger partial charge on any atom is -0.418 e. The second-order valence-corrected chi connectivity index (χ2v) is 2.75. The number of nitrogens with zero attached hydrogens (tertiary/aromatic N) is 3. The molecule has 0 unspecified atom stereocenters. The third kappa shape index (κ3) is 1.77. The Bertz CT molecular complexity index is 398.